The number of carbonyl (C=O) groups is 1. The van der Waals surface area contributed by atoms with E-state index in [0.29, 0.717) is 13.2 Å². The lowest BCUT2D eigenvalue weighted by molar-refractivity contribution is 0.0522. The molecule has 0 bridgehead atoms. The summed E-state index contributed by atoms with van der Waals surface area (Å²) in [4.78, 5) is 14.5. The van der Waals surface area contributed by atoms with Gasteiger partial charge in [0, 0.05) is 0 Å². The second kappa shape index (κ2) is 7.28. The summed E-state index contributed by atoms with van der Waals surface area (Å²) in [7, 11) is 0. The highest BCUT2D eigenvalue weighted by Gasteiger charge is 2.36. The first kappa shape index (κ1) is 17.5. The number of ether oxygens (including phenoxy) is 2. The predicted octanol–water partition coefficient (Wildman–Crippen LogP) is 4.57. The van der Waals surface area contributed by atoms with Gasteiger partial charge in [0.25, 0.3) is 0 Å². The van der Waals surface area contributed by atoms with Gasteiger partial charge in [0.05, 0.1) is 24.9 Å². The molecule has 0 spiro atoms. The molecular formula is C21H25NO3. The molecule has 132 valence electrons. The van der Waals surface area contributed by atoms with Gasteiger partial charge in [-0.3, -0.25) is 4.90 Å². The number of benzene rings is 2. The number of rotatable bonds is 4. The van der Waals surface area contributed by atoms with Crippen molar-refractivity contribution in [1.29, 1.82) is 0 Å². The van der Waals surface area contributed by atoms with Crippen molar-refractivity contribution in [3.8, 4) is 0 Å². The lowest BCUT2D eigenvalue weighted by atomic mass is 10.1. The summed E-state index contributed by atoms with van der Waals surface area (Å²) in [5.41, 5.74) is 2.68. The maximum atomic E-state index is 12.7. The number of hydrogen-bond acceptors (Lipinski definition) is 3. The standard InChI is InChI=1S/C21H25NO3/c1-21(2,3)25-20(23)22-18(13-17-11-7-8-12-19(17)22)15-24-14-16-9-5-4-6-10-16/h4-12,18H,13-15H2,1-3H3. The van der Waals surface area contributed by atoms with Crippen LogP contribution >= 0.6 is 0 Å². The number of hydrogen-bond donors (Lipinski definition) is 0. The van der Waals surface area contributed by atoms with Crippen molar-refractivity contribution in [2.75, 3.05) is 11.5 Å². The molecule has 4 heteroatoms. The van der Waals surface area contributed by atoms with Gasteiger partial charge in [0.15, 0.2) is 0 Å². The van der Waals surface area contributed by atoms with Crippen LogP contribution in [0.2, 0.25) is 0 Å². The molecule has 4 nitrogen and oxygen atoms in total. The fraction of sp³-hybridized carbons (Fsp3) is 0.381. The normalized spacial score (nSPS) is 16.6. The Kier molecular flexibility index (Phi) is 5.09. The molecule has 0 radical (unpaired) electrons. The summed E-state index contributed by atoms with van der Waals surface area (Å²) in [5.74, 6) is 0. The van der Waals surface area contributed by atoms with Gasteiger partial charge in [-0.1, -0.05) is 48.5 Å². The average molecular weight is 339 g/mol. The summed E-state index contributed by atoms with van der Waals surface area (Å²) >= 11 is 0. The van der Waals surface area contributed by atoms with Crippen LogP contribution in [0.15, 0.2) is 54.6 Å². The summed E-state index contributed by atoms with van der Waals surface area (Å²) in [6, 6.07) is 18.0. The molecule has 1 aliphatic heterocycles. The Bertz CT molecular complexity index is 721. The molecule has 0 aliphatic carbocycles. The number of para-hydroxylation sites is 1. The molecule has 0 saturated heterocycles. The molecule has 1 amide bonds. The van der Waals surface area contributed by atoms with Crippen LogP contribution in [0.3, 0.4) is 0 Å². The van der Waals surface area contributed by atoms with Gasteiger partial charge in [0.2, 0.25) is 0 Å². The van der Waals surface area contributed by atoms with Crippen molar-refractivity contribution in [2.45, 2.75) is 45.4 Å². The third-order valence-corrected chi connectivity index (χ3v) is 4.08. The number of nitrogens with zero attached hydrogens (tertiary/aromatic N) is 1. The highest BCUT2D eigenvalue weighted by Crippen LogP contribution is 2.33. The molecular weight excluding hydrogens is 314 g/mol. The molecule has 2 aromatic rings. The minimum absolute atomic E-state index is 0.0454. The number of fused-ring (bicyclic) bond motifs is 1. The van der Waals surface area contributed by atoms with Crippen molar-refractivity contribution in [2.24, 2.45) is 0 Å². The second-order valence-corrected chi connectivity index (χ2v) is 7.34. The number of amides is 1. The first-order valence-electron chi connectivity index (χ1n) is 8.66. The van der Waals surface area contributed by atoms with E-state index < -0.39 is 5.60 Å². The third kappa shape index (κ3) is 4.40. The Morgan fingerprint density at radius 2 is 1.76 bits per heavy atom. The molecule has 1 atom stereocenters. The summed E-state index contributed by atoms with van der Waals surface area (Å²) in [5, 5.41) is 0. The van der Waals surface area contributed by atoms with E-state index in [4.69, 9.17) is 9.47 Å². The maximum absolute atomic E-state index is 12.7. The Balaban J connectivity index is 1.70. The molecule has 2 aromatic carbocycles. The summed E-state index contributed by atoms with van der Waals surface area (Å²) < 4.78 is 11.5. The van der Waals surface area contributed by atoms with Crippen molar-refractivity contribution in [3.05, 3.63) is 65.7 Å². The van der Waals surface area contributed by atoms with Crippen molar-refractivity contribution < 1.29 is 14.3 Å². The molecule has 0 N–H and O–H groups in total. The van der Waals surface area contributed by atoms with E-state index in [1.807, 2.05) is 69.3 Å². The molecule has 1 heterocycles. The van der Waals surface area contributed by atoms with Gasteiger partial charge in [0.1, 0.15) is 5.60 Å². The van der Waals surface area contributed by atoms with Crippen molar-refractivity contribution in [3.63, 3.8) is 0 Å². The SMILES string of the molecule is CC(C)(C)OC(=O)N1c2ccccc2CC1COCc1ccccc1. The van der Waals surface area contributed by atoms with Crippen LogP contribution in [0.4, 0.5) is 10.5 Å². The van der Waals surface area contributed by atoms with Crippen LogP contribution < -0.4 is 4.90 Å². The van der Waals surface area contributed by atoms with Gasteiger partial charge in [-0.25, -0.2) is 4.79 Å². The molecule has 0 fully saturated rings. The molecule has 1 unspecified atom stereocenters. The number of carbonyl (C=O) groups excluding carboxylic acids is 1. The lowest BCUT2D eigenvalue weighted by Crippen LogP contribution is -2.43. The third-order valence-electron chi connectivity index (χ3n) is 4.08. The van der Waals surface area contributed by atoms with E-state index in [0.717, 1.165) is 23.2 Å². The zero-order valence-corrected chi connectivity index (χ0v) is 15.1. The minimum Gasteiger partial charge on any atom is -0.443 e. The fourth-order valence-electron chi connectivity index (χ4n) is 3.04. The lowest BCUT2D eigenvalue weighted by Gasteiger charge is -2.29. The molecule has 1 aliphatic rings. The zero-order valence-electron chi connectivity index (χ0n) is 15.1. The van der Waals surface area contributed by atoms with Crippen molar-refractivity contribution >= 4 is 11.8 Å². The average Bonchev–Trinajstić information content (AvgIpc) is 2.92. The predicted molar refractivity (Wildman–Crippen MR) is 98.7 cm³/mol. The number of anilines is 1. The highest BCUT2D eigenvalue weighted by molar-refractivity contribution is 5.91. The smallest absolute Gasteiger partial charge is 0.415 e. The monoisotopic (exact) mass is 339 g/mol. The first-order chi connectivity index (χ1) is 11.9. The van der Waals surface area contributed by atoms with E-state index in [2.05, 4.69) is 6.07 Å². The van der Waals surface area contributed by atoms with Crippen LogP contribution in [0.5, 0.6) is 0 Å². The van der Waals surface area contributed by atoms with Crippen LogP contribution in [0.1, 0.15) is 31.9 Å². The van der Waals surface area contributed by atoms with Crippen LogP contribution in [-0.2, 0) is 22.5 Å². The molecule has 0 aromatic heterocycles. The quantitative estimate of drug-likeness (QED) is 0.819. The van der Waals surface area contributed by atoms with E-state index in [1.54, 1.807) is 4.90 Å². The zero-order chi connectivity index (χ0) is 17.9. The Hall–Kier alpha value is -2.33. The second-order valence-electron chi connectivity index (χ2n) is 7.34. The van der Waals surface area contributed by atoms with Crippen LogP contribution in [0.25, 0.3) is 0 Å². The summed E-state index contributed by atoms with van der Waals surface area (Å²) in [6.45, 7) is 6.66. The van der Waals surface area contributed by atoms with E-state index in [-0.39, 0.29) is 12.1 Å². The van der Waals surface area contributed by atoms with Gasteiger partial charge in [-0.15, -0.1) is 0 Å². The molecule has 25 heavy (non-hydrogen) atoms. The van der Waals surface area contributed by atoms with Gasteiger partial charge in [-0.2, -0.15) is 0 Å². The Labute approximate surface area is 149 Å². The topological polar surface area (TPSA) is 38.8 Å². The van der Waals surface area contributed by atoms with E-state index in [9.17, 15) is 4.79 Å². The maximum Gasteiger partial charge on any atom is 0.415 e. The van der Waals surface area contributed by atoms with Crippen LogP contribution in [0, 0.1) is 0 Å². The van der Waals surface area contributed by atoms with Gasteiger partial charge >= 0.3 is 6.09 Å². The van der Waals surface area contributed by atoms with E-state index in [1.165, 1.54) is 0 Å². The fourth-order valence-corrected chi connectivity index (χ4v) is 3.04. The van der Waals surface area contributed by atoms with E-state index >= 15 is 0 Å². The van der Waals surface area contributed by atoms with Crippen LogP contribution in [-0.4, -0.2) is 24.3 Å². The largest absolute Gasteiger partial charge is 0.443 e. The molecule has 3 rings (SSSR count). The van der Waals surface area contributed by atoms with Crippen molar-refractivity contribution in [1.82, 2.24) is 0 Å². The van der Waals surface area contributed by atoms with Gasteiger partial charge in [-0.05, 0) is 44.4 Å². The Morgan fingerprint density at radius 3 is 2.48 bits per heavy atom. The summed E-state index contributed by atoms with van der Waals surface area (Å²) in [6.07, 6.45) is 0.468. The van der Waals surface area contributed by atoms with Gasteiger partial charge < -0.3 is 9.47 Å². The first-order valence-corrected chi connectivity index (χ1v) is 8.66. The highest BCUT2D eigenvalue weighted by atomic mass is 16.6. The Morgan fingerprint density at radius 1 is 1.08 bits per heavy atom. The molecule has 0 saturated carbocycles. The minimum atomic E-state index is -0.524.